The number of rotatable bonds is 2. The Labute approximate surface area is 116 Å². The topological polar surface area (TPSA) is 54.9 Å². The average Bonchev–Trinajstić information content (AvgIpc) is 2.48. The number of carbonyl (C=O) groups is 1. The van der Waals surface area contributed by atoms with Crippen molar-refractivity contribution >= 4 is 22.6 Å². The molecule has 0 fully saturated rings. The molecule has 0 aliphatic heterocycles. The fourth-order valence-corrected chi connectivity index (χ4v) is 1.93. The van der Waals surface area contributed by atoms with E-state index in [0.29, 0.717) is 11.4 Å². The zero-order chi connectivity index (χ0) is 13.9. The maximum atomic E-state index is 12.1. The van der Waals surface area contributed by atoms with Crippen LogP contribution in [0.1, 0.15) is 16.1 Å². The van der Waals surface area contributed by atoms with Crippen LogP contribution in [0.25, 0.3) is 10.9 Å². The molecule has 0 atom stereocenters. The third-order valence-corrected chi connectivity index (χ3v) is 3.01. The molecule has 0 spiro atoms. The normalized spacial score (nSPS) is 10.4. The van der Waals surface area contributed by atoms with Crippen LogP contribution in [0.3, 0.4) is 0 Å². The number of hydrogen-bond donors (Lipinski definition) is 1. The van der Waals surface area contributed by atoms with Crippen LogP contribution in [0.5, 0.6) is 0 Å². The number of benzene rings is 1. The molecule has 3 rings (SSSR count). The molecule has 2 aromatic heterocycles. The molecule has 0 aliphatic rings. The highest BCUT2D eigenvalue weighted by Gasteiger charge is 2.07. The van der Waals surface area contributed by atoms with Gasteiger partial charge in [-0.2, -0.15) is 0 Å². The van der Waals surface area contributed by atoms with Gasteiger partial charge in [0, 0.05) is 17.3 Å². The van der Waals surface area contributed by atoms with Gasteiger partial charge in [0.15, 0.2) is 0 Å². The lowest BCUT2D eigenvalue weighted by molar-refractivity contribution is 0.102. The molecule has 1 N–H and O–H groups in total. The van der Waals surface area contributed by atoms with Crippen molar-refractivity contribution in [3.63, 3.8) is 0 Å². The van der Waals surface area contributed by atoms with Gasteiger partial charge in [0.05, 0.1) is 11.1 Å². The van der Waals surface area contributed by atoms with Gasteiger partial charge in [0.1, 0.15) is 5.82 Å². The number of amides is 1. The van der Waals surface area contributed by atoms with Crippen LogP contribution >= 0.6 is 0 Å². The summed E-state index contributed by atoms with van der Waals surface area (Å²) in [5.41, 5.74) is 2.25. The van der Waals surface area contributed by atoms with Crippen molar-refractivity contribution < 1.29 is 4.79 Å². The Bertz CT molecular complexity index is 766. The highest BCUT2D eigenvalue weighted by molar-refractivity contribution is 6.03. The maximum Gasteiger partial charge on any atom is 0.258 e. The first-order valence-corrected chi connectivity index (χ1v) is 6.32. The van der Waals surface area contributed by atoms with E-state index in [4.69, 9.17) is 0 Å². The summed E-state index contributed by atoms with van der Waals surface area (Å²) >= 11 is 0. The second kappa shape index (κ2) is 5.09. The van der Waals surface area contributed by atoms with Crippen molar-refractivity contribution in [2.75, 3.05) is 5.32 Å². The van der Waals surface area contributed by atoms with Crippen molar-refractivity contribution in [2.24, 2.45) is 0 Å². The molecule has 2 heterocycles. The minimum atomic E-state index is -0.208. The van der Waals surface area contributed by atoms with Crippen molar-refractivity contribution in [1.29, 1.82) is 0 Å². The number of para-hydroxylation sites is 1. The SMILES string of the molecule is Cc1ccc(C(=O)Nc2ccc3ccccc3n2)cn1. The number of hydrogen-bond acceptors (Lipinski definition) is 3. The van der Waals surface area contributed by atoms with Crippen LogP contribution in [0.15, 0.2) is 54.7 Å². The van der Waals surface area contributed by atoms with Crippen LogP contribution < -0.4 is 5.32 Å². The molecule has 0 saturated heterocycles. The highest BCUT2D eigenvalue weighted by Crippen LogP contribution is 2.15. The molecule has 1 aromatic carbocycles. The van der Waals surface area contributed by atoms with Gasteiger partial charge >= 0.3 is 0 Å². The first-order valence-electron chi connectivity index (χ1n) is 6.32. The summed E-state index contributed by atoms with van der Waals surface area (Å²) in [7, 11) is 0. The molecule has 0 bridgehead atoms. The Kier molecular flexibility index (Phi) is 3.13. The predicted octanol–water partition coefficient (Wildman–Crippen LogP) is 3.19. The third-order valence-electron chi connectivity index (χ3n) is 3.01. The Morgan fingerprint density at radius 3 is 2.70 bits per heavy atom. The van der Waals surface area contributed by atoms with Crippen molar-refractivity contribution in [2.45, 2.75) is 6.92 Å². The van der Waals surface area contributed by atoms with Gasteiger partial charge in [0.25, 0.3) is 5.91 Å². The van der Waals surface area contributed by atoms with E-state index in [1.54, 1.807) is 18.3 Å². The molecular formula is C16H13N3O. The summed E-state index contributed by atoms with van der Waals surface area (Å²) in [6.45, 7) is 1.88. The van der Waals surface area contributed by atoms with Crippen LogP contribution in [0.4, 0.5) is 5.82 Å². The molecule has 3 aromatic rings. The molecule has 0 radical (unpaired) electrons. The molecule has 0 saturated carbocycles. The number of anilines is 1. The molecular weight excluding hydrogens is 250 g/mol. The first kappa shape index (κ1) is 12.3. The number of aryl methyl sites for hydroxylation is 1. The van der Waals surface area contributed by atoms with Gasteiger partial charge < -0.3 is 5.32 Å². The smallest absolute Gasteiger partial charge is 0.258 e. The van der Waals surface area contributed by atoms with Gasteiger partial charge in [-0.15, -0.1) is 0 Å². The lowest BCUT2D eigenvalue weighted by Crippen LogP contribution is -2.13. The Hall–Kier alpha value is -2.75. The summed E-state index contributed by atoms with van der Waals surface area (Å²) in [4.78, 5) is 20.6. The molecule has 20 heavy (non-hydrogen) atoms. The summed E-state index contributed by atoms with van der Waals surface area (Å²) in [5, 5.41) is 3.82. The summed E-state index contributed by atoms with van der Waals surface area (Å²) < 4.78 is 0. The van der Waals surface area contributed by atoms with Gasteiger partial charge in [-0.1, -0.05) is 18.2 Å². The van der Waals surface area contributed by atoms with Crippen LogP contribution in [-0.4, -0.2) is 15.9 Å². The fraction of sp³-hybridized carbons (Fsp3) is 0.0625. The van der Waals surface area contributed by atoms with Gasteiger partial charge in [-0.25, -0.2) is 4.98 Å². The molecule has 0 unspecified atom stereocenters. The molecule has 4 heteroatoms. The number of carbonyl (C=O) groups excluding carboxylic acids is 1. The molecule has 4 nitrogen and oxygen atoms in total. The highest BCUT2D eigenvalue weighted by atomic mass is 16.1. The average molecular weight is 263 g/mol. The lowest BCUT2D eigenvalue weighted by atomic mass is 10.2. The second-order valence-electron chi connectivity index (χ2n) is 4.53. The van der Waals surface area contributed by atoms with E-state index in [9.17, 15) is 4.79 Å². The molecule has 0 aliphatic carbocycles. The quantitative estimate of drug-likeness (QED) is 0.772. The molecule has 1 amide bonds. The molecule has 98 valence electrons. The van der Waals surface area contributed by atoms with E-state index in [1.165, 1.54) is 0 Å². The van der Waals surface area contributed by atoms with E-state index >= 15 is 0 Å². The lowest BCUT2D eigenvalue weighted by Gasteiger charge is -2.05. The van der Waals surface area contributed by atoms with Crippen molar-refractivity contribution in [3.8, 4) is 0 Å². The van der Waals surface area contributed by atoms with Crippen molar-refractivity contribution in [1.82, 2.24) is 9.97 Å². The number of fused-ring (bicyclic) bond motifs is 1. The Morgan fingerprint density at radius 1 is 1.05 bits per heavy atom. The maximum absolute atomic E-state index is 12.1. The van der Waals surface area contributed by atoms with Crippen LogP contribution in [-0.2, 0) is 0 Å². The zero-order valence-electron chi connectivity index (χ0n) is 11.0. The van der Waals surface area contributed by atoms with E-state index in [0.717, 1.165) is 16.6 Å². The number of nitrogens with zero attached hydrogens (tertiary/aromatic N) is 2. The van der Waals surface area contributed by atoms with Gasteiger partial charge in [-0.3, -0.25) is 9.78 Å². The van der Waals surface area contributed by atoms with E-state index < -0.39 is 0 Å². The summed E-state index contributed by atoms with van der Waals surface area (Å²) in [6.07, 6.45) is 1.56. The number of nitrogens with one attached hydrogen (secondary N) is 1. The standard InChI is InChI=1S/C16H13N3O/c1-11-6-7-13(10-17-11)16(20)19-15-9-8-12-4-2-3-5-14(12)18-15/h2-10H,1H3,(H,18,19,20). The van der Waals surface area contributed by atoms with Crippen molar-refractivity contribution in [3.05, 3.63) is 66.0 Å². The zero-order valence-corrected chi connectivity index (χ0v) is 11.0. The van der Waals surface area contributed by atoms with Crippen LogP contribution in [0, 0.1) is 6.92 Å². The minimum absolute atomic E-state index is 0.208. The summed E-state index contributed by atoms with van der Waals surface area (Å²) in [5.74, 6) is 0.328. The Morgan fingerprint density at radius 2 is 1.90 bits per heavy atom. The largest absolute Gasteiger partial charge is 0.306 e. The first-order chi connectivity index (χ1) is 9.72. The Balaban J connectivity index is 1.85. The van der Waals surface area contributed by atoms with Gasteiger partial charge in [0.2, 0.25) is 0 Å². The minimum Gasteiger partial charge on any atom is -0.306 e. The van der Waals surface area contributed by atoms with Gasteiger partial charge in [-0.05, 0) is 37.3 Å². The van der Waals surface area contributed by atoms with E-state index in [1.807, 2.05) is 43.3 Å². The third kappa shape index (κ3) is 2.49. The summed E-state index contributed by atoms with van der Waals surface area (Å²) in [6, 6.07) is 15.1. The van der Waals surface area contributed by atoms with E-state index in [2.05, 4.69) is 15.3 Å². The van der Waals surface area contributed by atoms with E-state index in [-0.39, 0.29) is 5.91 Å². The second-order valence-corrected chi connectivity index (χ2v) is 4.53. The fourth-order valence-electron chi connectivity index (χ4n) is 1.93. The predicted molar refractivity (Wildman–Crippen MR) is 78.7 cm³/mol. The number of pyridine rings is 2. The van der Waals surface area contributed by atoms with Crippen LogP contribution in [0.2, 0.25) is 0 Å². The number of aromatic nitrogens is 2. The monoisotopic (exact) mass is 263 g/mol.